The number of aryl methyl sites for hydroxylation is 1. The Labute approximate surface area is 133 Å². The maximum Gasteiger partial charge on any atom is 0.238 e. The summed E-state index contributed by atoms with van der Waals surface area (Å²) in [6.45, 7) is 8.56. The zero-order valence-electron chi connectivity index (χ0n) is 13.1. The molecule has 3 N–H and O–H groups in total. The maximum atomic E-state index is 12.1. The molecule has 1 heterocycles. The van der Waals surface area contributed by atoms with Gasteiger partial charge in [-0.25, -0.2) is 0 Å². The molecule has 5 heteroatoms. The van der Waals surface area contributed by atoms with Gasteiger partial charge in [0.05, 0.1) is 6.54 Å². The summed E-state index contributed by atoms with van der Waals surface area (Å²) in [6, 6.07) is 8.09. The summed E-state index contributed by atoms with van der Waals surface area (Å²) in [6.07, 6.45) is 0.949. The second-order valence-electron chi connectivity index (χ2n) is 6.51. The van der Waals surface area contributed by atoms with Gasteiger partial charge in [0, 0.05) is 24.8 Å². The molecule has 118 valence electrons. The van der Waals surface area contributed by atoms with Crippen LogP contribution in [0, 0.1) is 12.3 Å². The smallest absolute Gasteiger partial charge is 0.238 e. The summed E-state index contributed by atoms with van der Waals surface area (Å²) in [7, 11) is 0. The molecule has 1 aromatic rings. The summed E-state index contributed by atoms with van der Waals surface area (Å²) >= 11 is 0. The van der Waals surface area contributed by atoms with Gasteiger partial charge in [0.1, 0.15) is 0 Å². The standard InChI is InChI=1S/C16H25N3O.ClH/c1-12-5-4-6-13(9-12)18-15(20)10-19-8-7-14(17)16(2,3)11-19;/h4-6,9,14H,7-8,10-11,17H2,1-3H3,(H,18,20);1H. The van der Waals surface area contributed by atoms with Crippen LogP contribution >= 0.6 is 12.4 Å². The molecular formula is C16H26ClN3O. The van der Waals surface area contributed by atoms with Crippen molar-refractivity contribution in [3.63, 3.8) is 0 Å². The van der Waals surface area contributed by atoms with E-state index in [0.717, 1.165) is 30.8 Å². The van der Waals surface area contributed by atoms with E-state index in [9.17, 15) is 4.79 Å². The Morgan fingerprint density at radius 2 is 2.19 bits per heavy atom. The van der Waals surface area contributed by atoms with E-state index in [1.807, 2.05) is 31.2 Å². The highest BCUT2D eigenvalue weighted by Crippen LogP contribution is 2.27. The Hall–Kier alpha value is -1.10. The molecule has 1 aromatic carbocycles. The molecule has 1 unspecified atom stereocenters. The number of rotatable bonds is 3. The van der Waals surface area contributed by atoms with E-state index in [1.165, 1.54) is 0 Å². The quantitative estimate of drug-likeness (QED) is 0.901. The van der Waals surface area contributed by atoms with Crippen molar-refractivity contribution in [2.75, 3.05) is 25.0 Å². The molecule has 21 heavy (non-hydrogen) atoms. The van der Waals surface area contributed by atoms with Gasteiger partial charge in [0.15, 0.2) is 0 Å². The largest absolute Gasteiger partial charge is 0.327 e. The summed E-state index contributed by atoms with van der Waals surface area (Å²) in [5.41, 5.74) is 8.20. The van der Waals surface area contributed by atoms with Gasteiger partial charge < -0.3 is 11.1 Å². The van der Waals surface area contributed by atoms with Crippen molar-refractivity contribution in [3.05, 3.63) is 29.8 Å². The highest BCUT2D eigenvalue weighted by Gasteiger charge is 2.33. The number of hydrogen-bond acceptors (Lipinski definition) is 3. The van der Waals surface area contributed by atoms with Crippen molar-refractivity contribution in [2.24, 2.45) is 11.1 Å². The van der Waals surface area contributed by atoms with Crippen LogP contribution in [0.5, 0.6) is 0 Å². The second-order valence-corrected chi connectivity index (χ2v) is 6.51. The van der Waals surface area contributed by atoms with E-state index in [1.54, 1.807) is 0 Å². The number of benzene rings is 1. The SMILES string of the molecule is Cc1cccc(NC(=O)CN2CCC(N)C(C)(C)C2)c1.Cl. The average molecular weight is 312 g/mol. The van der Waals surface area contributed by atoms with Crippen molar-refractivity contribution < 1.29 is 4.79 Å². The normalized spacial score (nSPS) is 21.4. The number of amides is 1. The van der Waals surface area contributed by atoms with Gasteiger partial charge in [-0.1, -0.05) is 26.0 Å². The van der Waals surface area contributed by atoms with E-state index in [2.05, 4.69) is 24.1 Å². The molecule has 4 nitrogen and oxygen atoms in total. The molecule has 1 aliphatic heterocycles. The second kappa shape index (κ2) is 7.25. The number of carbonyl (C=O) groups excluding carboxylic acids is 1. The van der Waals surface area contributed by atoms with Crippen LogP contribution < -0.4 is 11.1 Å². The van der Waals surface area contributed by atoms with Gasteiger partial charge in [0.25, 0.3) is 0 Å². The molecule has 0 bridgehead atoms. The Bertz CT molecular complexity index is 490. The lowest BCUT2D eigenvalue weighted by Gasteiger charge is -2.42. The summed E-state index contributed by atoms with van der Waals surface area (Å²) in [4.78, 5) is 14.3. The van der Waals surface area contributed by atoms with Crippen LogP contribution in [0.25, 0.3) is 0 Å². The van der Waals surface area contributed by atoms with Gasteiger partial charge in [-0.3, -0.25) is 9.69 Å². The Morgan fingerprint density at radius 1 is 1.48 bits per heavy atom. The van der Waals surface area contributed by atoms with Gasteiger partial charge in [0.2, 0.25) is 5.91 Å². The number of halogens is 1. The highest BCUT2D eigenvalue weighted by atomic mass is 35.5. The molecule has 0 radical (unpaired) electrons. The number of likely N-dealkylation sites (tertiary alicyclic amines) is 1. The topological polar surface area (TPSA) is 58.4 Å². The maximum absolute atomic E-state index is 12.1. The van der Waals surface area contributed by atoms with E-state index in [4.69, 9.17) is 5.73 Å². The third kappa shape index (κ3) is 4.99. The lowest BCUT2D eigenvalue weighted by Crippen LogP contribution is -2.53. The molecule has 1 atom stereocenters. The molecule has 1 amide bonds. The molecule has 1 saturated heterocycles. The predicted octanol–water partition coefficient (Wildman–Crippen LogP) is 2.41. The van der Waals surface area contributed by atoms with E-state index in [0.29, 0.717) is 6.54 Å². The van der Waals surface area contributed by atoms with Gasteiger partial charge in [-0.2, -0.15) is 0 Å². The predicted molar refractivity (Wildman–Crippen MR) is 89.9 cm³/mol. The lowest BCUT2D eigenvalue weighted by molar-refractivity contribution is -0.118. The number of nitrogens with one attached hydrogen (secondary N) is 1. The van der Waals surface area contributed by atoms with Crippen molar-refractivity contribution in [3.8, 4) is 0 Å². The van der Waals surface area contributed by atoms with Crippen LogP contribution in [-0.4, -0.2) is 36.5 Å². The monoisotopic (exact) mass is 311 g/mol. The highest BCUT2D eigenvalue weighted by molar-refractivity contribution is 5.92. The minimum atomic E-state index is 0. The Morgan fingerprint density at radius 3 is 2.81 bits per heavy atom. The van der Waals surface area contributed by atoms with Crippen molar-refractivity contribution >= 4 is 24.0 Å². The van der Waals surface area contributed by atoms with Crippen molar-refractivity contribution in [1.29, 1.82) is 0 Å². The summed E-state index contributed by atoms with van der Waals surface area (Å²) in [5.74, 6) is 0.0434. The number of nitrogens with zero attached hydrogens (tertiary/aromatic N) is 1. The summed E-state index contributed by atoms with van der Waals surface area (Å²) in [5, 5.41) is 2.96. The van der Waals surface area contributed by atoms with Crippen LogP contribution in [0.1, 0.15) is 25.8 Å². The van der Waals surface area contributed by atoms with E-state index >= 15 is 0 Å². The van der Waals surface area contributed by atoms with Gasteiger partial charge >= 0.3 is 0 Å². The third-order valence-corrected chi connectivity index (χ3v) is 4.06. The molecule has 0 aliphatic carbocycles. The minimum Gasteiger partial charge on any atom is -0.327 e. The number of carbonyl (C=O) groups is 1. The first-order valence-corrected chi connectivity index (χ1v) is 7.21. The number of anilines is 1. The van der Waals surface area contributed by atoms with Crippen LogP contribution in [-0.2, 0) is 4.79 Å². The molecule has 0 saturated carbocycles. The molecule has 2 rings (SSSR count). The fraction of sp³-hybridized carbons (Fsp3) is 0.562. The van der Waals surface area contributed by atoms with E-state index in [-0.39, 0.29) is 29.8 Å². The number of nitrogens with two attached hydrogens (primary N) is 1. The lowest BCUT2D eigenvalue weighted by atomic mass is 9.80. The molecule has 1 fully saturated rings. The van der Waals surface area contributed by atoms with Gasteiger partial charge in [-0.05, 0) is 36.5 Å². The molecule has 1 aliphatic rings. The fourth-order valence-electron chi connectivity index (χ4n) is 2.75. The zero-order valence-corrected chi connectivity index (χ0v) is 13.9. The van der Waals surface area contributed by atoms with Crippen LogP contribution in [0.2, 0.25) is 0 Å². The van der Waals surface area contributed by atoms with Crippen LogP contribution in [0.15, 0.2) is 24.3 Å². The van der Waals surface area contributed by atoms with E-state index < -0.39 is 0 Å². The third-order valence-electron chi connectivity index (χ3n) is 4.06. The number of piperidine rings is 1. The summed E-state index contributed by atoms with van der Waals surface area (Å²) < 4.78 is 0. The van der Waals surface area contributed by atoms with Crippen LogP contribution in [0.3, 0.4) is 0 Å². The Kier molecular flexibility index (Phi) is 6.20. The zero-order chi connectivity index (χ0) is 14.8. The molecular weight excluding hydrogens is 286 g/mol. The first-order chi connectivity index (χ1) is 9.37. The van der Waals surface area contributed by atoms with Gasteiger partial charge in [-0.15, -0.1) is 12.4 Å². The molecule has 0 spiro atoms. The average Bonchev–Trinajstić information content (AvgIpc) is 2.33. The molecule has 0 aromatic heterocycles. The first kappa shape index (κ1) is 18.0. The van der Waals surface area contributed by atoms with Crippen LogP contribution in [0.4, 0.5) is 5.69 Å². The fourth-order valence-corrected chi connectivity index (χ4v) is 2.75. The minimum absolute atomic E-state index is 0. The van der Waals surface area contributed by atoms with Crippen molar-refractivity contribution in [1.82, 2.24) is 4.90 Å². The van der Waals surface area contributed by atoms with Crippen molar-refractivity contribution in [2.45, 2.75) is 33.2 Å². The Balaban J connectivity index is 0.00000220. The first-order valence-electron chi connectivity index (χ1n) is 7.21. The number of hydrogen-bond donors (Lipinski definition) is 2.